The van der Waals surface area contributed by atoms with Gasteiger partial charge in [0.25, 0.3) is 0 Å². The summed E-state index contributed by atoms with van der Waals surface area (Å²) in [6.45, 7) is 5.57. The van der Waals surface area contributed by atoms with Gasteiger partial charge in [-0.3, -0.25) is 0 Å². The molecule has 0 unspecified atom stereocenters. The first-order chi connectivity index (χ1) is 6.11. The lowest BCUT2D eigenvalue weighted by Gasteiger charge is -2.28. The highest BCUT2D eigenvalue weighted by molar-refractivity contribution is 4.98. The summed E-state index contributed by atoms with van der Waals surface area (Å²) in [4.78, 5) is 0. The molecule has 1 N–H and O–H groups in total. The lowest BCUT2D eigenvalue weighted by atomic mass is 9.81. The molecule has 2 saturated carbocycles. The fraction of sp³-hybridized carbons (Fsp3) is 0.833. The second-order valence-electron chi connectivity index (χ2n) is 5.20. The molecule has 0 spiro atoms. The number of rotatable bonds is 3. The Morgan fingerprint density at radius 1 is 1.46 bits per heavy atom. The van der Waals surface area contributed by atoms with Gasteiger partial charge in [-0.1, -0.05) is 12.5 Å². The Balaban J connectivity index is 1.93. The van der Waals surface area contributed by atoms with Crippen LogP contribution in [0.5, 0.6) is 0 Å². The maximum Gasteiger partial charge on any atom is 0.0799 e. The third-order valence-electron chi connectivity index (χ3n) is 4.00. The van der Waals surface area contributed by atoms with E-state index in [0.29, 0.717) is 0 Å². The molecule has 0 aromatic rings. The molecular weight excluding hydrogens is 160 g/mol. The van der Waals surface area contributed by atoms with Crippen molar-refractivity contribution in [3.8, 4) is 0 Å². The Morgan fingerprint density at radius 3 is 2.69 bits per heavy atom. The second-order valence-corrected chi connectivity index (χ2v) is 5.20. The fourth-order valence-electron chi connectivity index (χ4n) is 3.24. The minimum absolute atomic E-state index is 0.630. The van der Waals surface area contributed by atoms with Gasteiger partial charge in [0.15, 0.2) is 0 Å². The van der Waals surface area contributed by atoms with Gasteiger partial charge < -0.3 is 5.11 Å². The molecule has 4 atom stereocenters. The van der Waals surface area contributed by atoms with Crippen LogP contribution in [-0.2, 0) is 0 Å². The molecule has 0 aromatic heterocycles. The third kappa shape index (κ3) is 1.80. The van der Waals surface area contributed by atoms with Crippen LogP contribution in [0.2, 0.25) is 0 Å². The maximum atomic E-state index is 9.89. The van der Waals surface area contributed by atoms with Crippen molar-refractivity contribution in [2.75, 3.05) is 0 Å². The molecule has 0 amide bonds. The topological polar surface area (TPSA) is 20.2 Å². The molecule has 1 heteroatoms. The molecule has 0 radical (unpaired) electrons. The Kier molecular flexibility index (Phi) is 2.23. The first kappa shape index (κ1) is 9.26. The van der Waals surface area contributed by atoms with Crippen LogP contribution in [0.1, 0.15) is 39.0 Å². The molecule has 2 aliphatic carbocycles. The van der Waals surface area contributed by atoms with Crippen LogP contribution in [0.25, 0.3) is 0 Å². The average Bonchev–Trinajstić information content (AvgIpc) is 2.64. The van der Waals surface area contributed by atoms with Gasteiger partial charge in [0, 0.05) is 0 Å². The van der Waals surface area contributed by atoms with Crippen LogP contribution in [0.4, 0.5) is 0 Å². The van der Waals surface area contributed by atoms with E-state index in [9.17, 15) is 5.11 Å². The molecule has 2 aliphatic rings. The molecule has 1 nitrogen and oxygen atoms in total. The Morgan fingerprint density at radius 2 is 2.23 bits per heavy atom. The SMILES string of the molecule is C=C[C@](C)(O)C[C@@H]1C[C@@H]2CC[C@@H]1C2. The molecule has 0 aromatic carbocycles. The van der Waals surface area contributed by atoms with Gasteiger partial charge in [-0.25, -0.2) is 0 Å². The van der Waals surface area contributed by atoms with Gasteiger partial charge in [0.1, 0.15) is 0 Å². The van der Waals surface area contributed by atoms with Gasteiger partial charge in [-0.05, 0) is 50.4 Å². The number of hydrogen-bond acceptors (Lipinski definition) is 1. The summed E-state index contributed by atoms with van der Waals surface area (Å²) in [5.41, 5.74) is -0.630. The zero-order valence-corrected chi connectivity index (χ0v) is 8.50. The highest BCUT2D eigenvalue weighted by Crippen LogP contribution is 2.50. The number of hydrogen-bond donors (Lipinski definition) is 1. The van der Waals surface area contributed by atoms with E-state index >= 15 is 0 Å². The van der Waals surface area contributed by atoms with E-state index < -0.39 is 5.60 Å². The van der Waals surface area contributed by atoms with Crippen LogP contribution >= 0.6 is 0 Å². The molecule has 0 saturated heterocycles. The maximum absolute atomic E-state index is 9.89. The van der Waals surface area contributed by atoms with Crippen molar-refractivity contribution in [1.82, 2.24) is 0 Å². The smallest absolute Gasteiger partial charge is 0.0799 e. The van der Waals surface area contributed by atoms with Crippen LogP contribution in [-0.4, -0.2) is 10.7 Å². The summed E-state index contributed by atoms with van der Waals surface area (Å²) in [7, 11) is 0. The van der Waals surface area contributed by atoms with E-state index in [0.717, 1.165) is 24.2 Å². The third-order valence-corrected chi connectivity index (χ3v) is 4.00. The Labute approximate surface area is 80.8 Å². The summed E-state index contributed by atoms with van der Waals surface area (Å²) in [5.74, 6) is 2.67. The summed E-state index contributed by atoms with van der Waals surface area (Å²) >= 11 is 0. The minimum Gasteiger partial charge on any atom is -0.386 e. The highest BCUT2D eigenvalue weighted by Gasteiger charge is 2.41. The summed E-state index contributed by atoms with van der Waals surface area (Å²) in [6.07, 6.45) is 8.25. The van der Waals surface area contributed by atoms with Gasteiger partial charge in [-0.15, -0.1) is 6.58 Å². The minimum atomic E-state index is -0.630. The highest BCUT2D eigenvalue weighted by atomic mass is 16.3. The monoisotopic (exact) mass is 180 g/mol. The standard InChI is InChI=1S/C12H20O/c1-3-12(2,13)8-11-7-9-4-5-10(11)6-9/h3,9-11,13H,1,4-8H2,2H3/t9-,10-,11+,12+/m1/s1. The normalized spacial score (nSPS) is 41.8. The first-order valence-electron chi connectivity index (χ1n) is 5.47. The molecule has 74 valence electrons. The van der Waals surface area contributed by atoms with E-state index in [-0.39, 0.29) is 0 Å². The van der Waals surface area contributed by atoms with E-state index in [1.807, 2.05) is 6.92 Å². The van der Waals surface area contributed by atoms with Crippen LogP contribution in [0.15, 0.2) is 12.7 Å². The fourth-order valence-corrected chi connectivity index (χ4v) is 3.24. The van der Waals surface area contributed by atoms with Crippen LogP contribution in [0.3, 0.4) is 0 Å². The largest absolute Gasteiger partial charge is 0.386 e. The summed E-state index contributed by atoms with van der Waals surface area (Å²) in [6, 6.07) is 0. The molecule has 0 heterocycles. The summed E-state index contributed by atoms with van der Waals surface area (Å²) < 4.78 is 0. The number of fused-ring (bicyclic) bond motifs is 2. The zero-order chi connectivity index (χ0) is 9.47. The van der Waals surface area contributed by atoms with Crippen molar-refractivity contribution >= 4 is 0 Å². The van der Waals surface area contributed by atoms with Gasteiger partial charge in [-0.2, -0.15) is 0 Å². The molecular formula is C12H20O. The molecule has 0 aliphatic heterocycles. The van der Waals surface area contributed by atoms with Crippen molar-refractivity contribution in [2.45, 2.75) is 44.6 Å². The zero-order valence-electron chi connectivity index (χ0n) is 8.50. The quantitative estimate of drug-likeness (QED) is 0.662. The summed E-state index contributed by atoms with van der Waals surface area (Å²) in [5, 5.41) is 9.89. The molecule has 13 heavy (non-hydrogen) atoms. The van der Waals surface area contributed by atoms with Gasteiger partial charge >= 0.3 is 0 Å². The first-order valence-corrected chi connectivity index (χ1v) is 5.47. The van der Waals surface area contributed by atoms with Crippen molar-refractivity contribution in [3.05, 3.63) is 12.7 Å². The van der Waals surface area contributed by atoms with E-state index in [1.165, 1.54) is 25.7 Å². The second kappa shape index (κ2) is 3.13. The Hall–Kier alpha value is -0.300. The van der Waals surface area contributed by atoms with Crippen molar-refractivity contribution in [1.29, 1.82) is 0 Å². The number of aliphatic hydroxyl groups is 1. The molecule has 2 fully saturated rings. The van der Waals surface area contributed by atoms with E-state index in [2.05, 4.69) is 6.58 Å². The predicted octanol–water partition coefficient (Wildman–Crippen LogP) is 2.75. The van der Waals surface area contributed by atoms with Crippen LogP contribution < -0.4 is 0 Å². The van der Waals surface area contributed by atoms with Crippen molar-refractivity contribution < 1.29 is 5.11 Å². The lowest BCUT2D eigenvalue weighted by molar-refractivity contribution is 0.0697. The van der Waals surface area contributed by atoms with Crippen LogP contribution in [0, 0.1) is 17.8 Å². The van der Waals surface area contributed by atoms with Crippen molar-refractivity contribution in [3.63, 3.8) is 0 Å². The predicted molar refractivity (Wildman–Crippen MR) is 54.4 cm³/mol. The molecule has 2 bridgehead atoms. The van der Waals surface area contributed by atoms with Crippen molar-refractivity contribution in [2.24, 2.45) is 17.8 Å². The molecule has 2 rings (SSSR count). The Bertz CT molecular complexity index is 207. The van der Waals surface area contributed by atoms with E-state index in [1.54, 1.807) is 6.08 Å². The van der Waals surface area contributed by atoms with Gasteiger partial charge in [0.05, 0.1) is 5.60 Å². The van der Waals surface area contributed by atoms with Gasteiger partial charge in [0.2, 0.25) is 0 Å². The average molecular weight is 180 g/mol. The lowest BCUT2D eigenvalue weighted by Crippen LogP contribution is -2.27. The van der Waals surface area contributed by atoms with E-state index in [4.69, 9.17) is 0 Å².